The van der Waals surface area contributed by atoms with Crippen LogP contribution in [0, 0.1) is 5.41 Å². The van der Waals surface area contributed by atoms with E-state index in [1.807, 2.05) is 0 Å². The van der Waals surface area contributed by atoms with E-state index in [1.165, 1.54) is 38.8 Å². The van der Waals surface area contributed by atoms with Crippen LogP contribution in [0.15, 0.2) is 0 Å². The summed E-state index contributed by atoms with van der Waals surface area (Å²) in [5.74, 6) is 0. The predicted molar refractivity (Wildman–Crippen MR) is 57.0 cm³/mol. The van der Waals surface area contributed by atoms with Crippen molar-refractivity contribution in [2.24, 2.45) is 11.1 Å². The van der Waals surface area contributed by atoms with Gasteiger partial charge in [-0.15, -0.1) is 0 Å². The van der Waals surface area contributed by atoms with Crippen molar-refractivity contribution in [3.8, 4) is 0 Å². The molecule has 70 valence electrons. The van der Waals surface area contributed by atoms with Gasteiger partial charge in [-0.25, -0.2) is 4.31 Å². The fraction of sp³-hybridized carbons (Fsp3) is 1.00. The monoisotopic (exact) mass is 204 g/mol. The van der Waals surface area contributed by atoms with Gasteiger partial charge in [0, 0.05) is 19.1 Å². The molecule has 1 spiro atoms. The molecular weight excluding hydrogens is 188 g/mol. The lowest BCUT2D eigenvalue weighted by molar-refractivity contribution is 0.0353. The summed E-state index contributed by atoms with van der Waals surface area (Å²) in [6, 6.07) is 0.490. The molecule has 2 N–H and O–H groups in total. The number of thiol groups is 1. The number of hydrogen-bond donors (Lipinski definition) is 2. The van der Waals surface area contributed by atoms with E-state index in [1.54, 1.807) is 11.0 Å². The Morgan fingerprint density at radius 1 is 1.33 bits per heavy atom. The van der Waals surface area contributed by atoms with Crippen LogP contribution >= 0.6 is 22.6 Å². The first-order chi connectivity index (χ1) is 5.77. The third-order valence-corrected chi connectivity index (χ3v) is 4.86. The van der Waals surface area contributed by atoms with E-state index in [4.69, 9.17) is 5.73 Å². The van der Waals surface area contributed by atoms with Gasteiger partial charge in [0.15, 0.2) is 0 Å². The fourth-order valence-electron chi connectivity index (χ4n) is 2.35. The zero-order valence-corrected chi connectivity index (χ0v) is 8.91. The molecule has 2 fully saturated rings. The van der Waals surface area contributed by atoms with Crippen molar-refractivity contribution in [1.82, 2.24) is 4.31 Å². The lowest BCUT2D eigenvalue weighted by Gasteiger charge is -2.52. The van der Waals surface area contributed by atoms with Gasteiger partial charge in [-0.05, 0) is 42.1 Å². The van der Waals surface area contributed by atoms with Crippen LogP contribution in [0.5, 0.6) is 0 Å². The molecule has 1 saturated heterocycles. The quantitative estimate of drug-likeness (QED) is 0.387. The van der Waals surface area contributed by atoms with E-state index in [2.05, 4.69) is 16.0 Å². The summed E-state index contributed by atoms with van der Waals surface area (Å²) in [6.45, 7) is 2.34. The van der Waals surface area contributed by atoms with E-state index in [-0.39, 0.29) is 0 Å². The summed E-state index contributed by atoms with van der Waals surface area (Å²) in [5, 5.41) is 0. The Labute approximate surface area is 83.2 Å². The molecule has 2 rings (SSSR count). The second-order valence-corrected chi connectivity index (χ2v) is 5.19. The summed E-state index contributed by atoms with van der Waals surface area (Å²) in [4.78, 5) is 0. The average Bonchev–Trinajstić information content (AvgIpc) is 2.16. The van der Waals surface area contributed by atoms with Crippen molar-refractivity contribution in [3.05, 3.63) is 0 Å². The van der Waals surface area contributed by atoms with Crippen molar-refractivity contribution in [3.63, 3.8) is 0 Å². The van der Waals surface area contributed by atoms with E-state index in [0.29, 0.717) is 11.5 Å². The summed E-state index contributed by atoms with van der Waals surface area (Å²) >= 11 is 4.20. The van der Waals surface area contributed by atoms with Crippen LogP contribution < -0.4 is 5.73 Å². The molecule has 1 saturated carbocycles. The Morgan fingerprint density at radius 3 is 2.33 bits per heavy atom. The molecule has 1 heterocycles. The van der Waals surface area contributed by atoms with Crippen LogP contribution in [0.25, 0.3) is 0 Å². The minimum atomic E-state index is 0.490. The number of rotatable bonds is 1. The summed E-state index contributed by atoms with van der Waals surface area (Å²) in [7, 11) is 1.57. The van der Waals surface area contributed by atoms with Crippen LogP contribution in [0.3, 0.4) is 0 Å². The molecule has 1 atom stereocenters. The van der Waals surface area contributed by atoms with E-state index in [9.17, 15) is 0 Å². The molecule has 0 amide bonds. The zero-order valence-electron chi connectivity index (χ0n) is 7.20. The molecule has 2 nitrogen and oxygen atoms in total. The maximum Gasteiger partial charge on any atom is 0.0103 e. The first-order valence-corrected chi connectivity index (χ1v) is 6.41. The van der Waals surface area contributed by atoms with Gasteiger partial charge >= 0.3 is 0 Å². The third-order valence-electron chi connectivity index (χ3n) is 3.57. The second kappa shape index (κ2) is 3.40. The summed E-state index contributed by atoms with van der Waals surface area (Å²) in [6.07, 6.45) is 5.16. The predicted octanol–water partition coefficient (Wildman–Crippen LogP) is 1.68. The van der Waals surface area contributed by atoms with Gasteiger partial charge in [0.1, 0.15) is 0 Å². The highest BCUT2D eigenvalue weighted by molar-refractivity contribution is 8.67. The minimum absolute atomic E-state index is 0.490. The fourth-order valence-corrected chi connectivity index (χ4v) is 3.19. The minimum Gasteiger partial charge on any atom is -0.327 e. The van der Waals surface area contributed by atoms with E-state index >= 15 is 0 Å². The Morgan fingerprint density at radius 2 is 2.00 bits per heavy atom. The molecule has 4 heteroatoms. The maximum atomic E-state index is 6.03. The van der Waals surface area contributed by atoms with Crippen LogP contribution in [-0.2, 0) is 0 Å². The largest absolute Gasteiger partial charge is 0.327 e. The van der Waals surface area contributed by atoms with Gasteiger partial charge in [-0.1, -0.05) is 11.7 Å². The van der Waals surface area contributed by atoms with Crippen molar-refractivity contribution in [1.29, 1.82) is 0 Å². The van der Waals surface area contributed by atoms with Gasteiger partial charge in [-0.2, -0.15) is 0 Å². The first kappa shape index (κ1) is 9.19. The van der Waals surface area contributed by atoms with Crippen molar-refractivity contribution in [2.45, 2.75) is 31.7 Å². The first-order valence-electron chi connectivity index (χ1n) is 4.59. The molecule has 12 heavy (non-hydrogen) atoms. The molecule has 0 unspecified atom stereocenters. The lowest BCUT2D eigenvalue weighted by Crippen LogP contribution is -2.55. The van der Waals surface area contributed by atoms with Crippen LogP contribution in [0.4, 0.5) is 0 Å². The van der Waals surface area contributed by atoms with Crippen molar-refractivity contribution in [2.75, 3.05) is 13.1 Å². The average molecular weight is 204 g/mol. The highest BCUT2D eigenvalue weighted by Gasteiger charge is 2.45. The number of nitrogens with two attached hydrogens (primary N) is 1. The van der Waals surface area contributed by atoms with Crippen LogP contribution in [0.2, 0.25) is 0 Å². The maximum absolute atomic E-state index is 6.03. The van der Waals surface area contributed by atoms with E-state index in [0.717, 1.165) is 0 Å². The second-order valence-electron chi connectivity index (χ2n) is 4.02. The van der Waals surface area contributed by atoms with Crippen LogP contribution in [0.1, 0.15) is 25.7 Å². The Hall–Kier alpha value is 0.620. The summed E-state index contributed by atoms with van der Waals surface area (Å²) < 4.78 is 2.32. The molecule has 0 bridgehead atoms. The molecular formula is C8H16N2S2. The highest BCUT2D eigenvalue weighted by Crippen LogP contribution is 2.48. The standard InChI is InChI=1S/C8H16N2S2/c9-7-1-2-8(7)3-5-10(12-11)6-4-8/h7,11H,1-6,9H2/t7-/m1/s1. The third kappa shape index (κ3) is 1.39. The molecule has 2 aliphatic rings. The topological polar surface area (TPSA) is 29.3 Å². The smallest absolute Gasteiger partial charge is 0.0103 e. The molecule has 1 aliphatic carbocycles. The Kier molecular flexibility index (Phi) is 2.61. The van der Waals surface area contributed by atoms with Crippen LogP contribution in [-0.4, -0.2) is 23.4 Å². The molecule has 1 aliphatic heterocycles. The van der Waals surface area contributed by atoms with Crippen molar-refractivity contribution < 1.29 is 0 Å². The van der Waals surface area contributed by atoms with Gasteiger partial charge in [0.25, 0.3) is 0 Å². The SMILES string of the molecule is N[C@@H]1CCC12CCN(SS)CC2. The van der Waals surface area contributed by atoms with Gasteiger partial charge in [0.2, 0.25) is 0 Å². The highest BCUT2D eigenvalue weighted by atomic mass is 33.1. The van der Waals surface area contributed by atoms with Gasteiger partial charge in [0.05, 0.1) is 0 Å². The number of nitrogens with zero attached hydrogens (tertiary/aromatic N) is 1. The van der Waals surface area contributed by atoms with Gasteiger partial charge < -0.3 is 5.73 Å². The molecule has 0 aromatic carbocycles. The zero-order chi connectivity index (χ0) is 8.60. The molecule has 0 aromatic heterocycles. The number of piperidine rings is 1. The number of hydrogen-bond acceptors (Lipinski definition) is 4. The Bertz CT molecular complexity index is 166. The van der Waals surface area contributed by atoms with E-state index < -0.39 is 0 Å². The Balaban J connectivity index is 1.89. The molecule has 0 aromatic rings. The normalized spacial score (nSPS) is 35.0. The van der Waals surface area contributed by atoms with Gasteiger partial charge in [-0.3, -0.25) is 0 Å². The lowest BCUT2D eigenvalue weighted by atomic mass is 9.60. The van der Waals surface area contributed by atoms with Crippen molar-refractivity contribution >= 4 is 22.6 Å². The summed E-state index contributed by atoms with van der Waals surface area (Å²) in [5.41, 5.74) is 6.56. The molecule has 0 radical (unpaired) electrons.